The van der Waals surface area contributed by atoms with Gasteiger partial charge in [0, 0.05) is 6.07 Å². The third-order valence-electron chi connectivity index (χ3n) is 2.19. The highest BCUT2D eigenvalue weighted by Crippen LogP contribution is 2.31. The molecule has 10 nitrogen and oxygen atoms in total. The molecule has 0 aliphatic rings. The molecule has 1 aromatic rings. The van der Waals surface area contributed by atoms with Crippen LogP contribution in [-0.4, -0.2) is 51.3 Å². The zero-order valence-corrected chi connectivity index (χ0v) is 10.1. The number of rotatable bonds is 4. The zero-order valence-electron chi connectivity index (χ0n) is 9.26. The van der Waals surface area contributed by atoms with Crippen molar-refractivity contribution in [2.45, 2.75) is 4.90 Å². The molecule has 0 radical (unpaired) electrons. The van der Waals surface area contributed by atoms with Crippen molar-refractivity contribution in [3.05, 3.63) is 22.8 Å². The van der Waals surface area contributed by atoms with E-state index in [2.05, 4.69) is 0 Å². The quantitative estimate of drug-likeness (QED) is 0.463. The van der Waals surface area contributed by atoms with Gasteiger partial charge >= 0.3 is 17.9 Å². The molecule has 0 bridgehead atoms. The summed E-state index contributed by atoms with van der Waals surface area (Å²) in [6, 6.07) is 0.147. The van der Waals surface area contributed by atoms with Crippen molar-refractivity contribution in [2.75, 3.05) is 0 Å². The smallest absolute Gasteiger partial charge is 0.340 e. The fraction of sp³-hybridized carbons (Fsp3) is 0. The van der Waals surface area contributed by atoms with Gasteiger partial charge in [0.1, 0.15) is 16.2 Å². The summed E-state index contributed by atoms with van der Waals surface area (Å²) in [6.45, 7) is 0. The van der Waals surface area contributed by atoms with E-state index in [9.17, 15) is 27.9 Å². The molecule has 0 saturated carbocycles. The number of carboxylic acid groups (broad SMARTS) is 3. The van der Waals surface area contributed by atoms with Crippen LogP contribution in [0.15, 0.2) is 11.0 Å². The fourth-order valence-corrected chi connectivity index (χ4v) is 2.20. The summed E-state index contributed by atoms with van der Waals surface area (Å²) in [6.07, 6.45) is 0. The van der Waals surface area contributed by atoms with Crippen molar-refractivity contribution in [2.24, 2.45) is 0 Å². The molecule has 0 spiro atoms. The highest BCUT2D eigenvalue weighted by molar-refractivity contribution is 7.86. The van der Waals surface area contributed by atoms with E-state index < -0.39 is 55.4 Å². The number of hydrogen-bond donors (Lipinski definition) is 5. The predicted molar refractivity (Wildman–Crippen MR) is 58.8 cm³/mol. The van der Waals surface area contributed by atoms with Gasteiger partial charge in [-0.05, 0) is 0 Å². The first-order valence-corrected chi connectivity index (χ1v) is 5.99. The largest absolute Gasteiger partial charge is 0.507 e. The lowest BCUT2D eigenvalue weighted by atomic mass is 9.99. The van der Waals surface area contributed by atoms with Gasteiger partial charge in [0.15, 0.2) is 0 Å². The molecule has 108 valence electrons. The molecule has 0 aliphatic heterocycles. The SMILES string of the molecule is O=C(O)c1c(O)cc(S(=O)(=O)O)c(C(=O)O)c1C(=O)O. The maximum absolute atomic E-state index is 11.0. The molecule has 0 saturated heterocycles. The molecule has 0 unspecified atom stereocenters. The van der Waals surface area contributed by atoms with Gasteiger partial charge in [0.2, 0.25) is 0 Å². The lowest BCUT2D eigenvalue weighted by Gasteiger charge is -2.11. The Morgan fingerprint density at radius 3 is 1.55 bits per heavy atom. The standard InChI is InChI=1S/C9H6O10S/c10-2-1-3(20(17,18)19)5(8(13)14)6(9(15)16)4(2)7(11)12/h1,10H,(H,11,12)(H,13,14)(H,15,16)(H,17,18,19). The molecule has 0 aliphatic carbocycles. The van der Waals surface area contributed by atoms with Crippen molar-refractivity contribution in [1.29, 1.82) is 0 Å². The molecule has 0 aromatic heterocycles. The molecular formula is C9H6O10S. The minimum atomic E-state index is -5.20. The Balaban J connectivity index is 4.11. The van der Waals surface area contributed by atoms with E-state index in [-0.39, 0.29) is 6.07 Å². The minimum Gasteiger partial charge on any atom is -0.507 e. The first-order chi connectivity index (χ1) is 8.98. The zero-order chi connectivity index (χ0) is 15.8. The highest BCUT2D eigenvalue weighted by Gasteiger charge is 2.34. The maximum Gasteiger partial charge on any atom is 0.340 e. The van der Waals surface area contributed by atoms with Crippen molar-refractivity contribution < 1.29 is 47.8 Å². The molecule has 0 heterocycles. The molecule has 0 fully saturated rings. The van der Waals surface area contributed by atoms with Gasteiger partial charge in [-0.15, -0.1) is 0 Å². The number of aromatic carboxylic acids is 3. The number of benzene rings is 1. The Morgan fingerprint density at radius 1 is 0.850 bits per heavy atom. The average molecular weight is 306 g/mol. The summed E-state index contributed by atoms with van der Waals surface area (Å²) >= 11 is 0. The summed E-state index contributed by atoms with van der Waals surface area (Å²) in [5.74, 6) is -7.49. The topological polar surface area (TPSA) is 186 Å². The lowest BCUT2D eigenvalue weighted by molar-refractivity contribution is 0.0628. The Labute approximate surface area is 110 Å². The van der Waals surface area contributed by atoms with Gasteiger partial charge in [-0.2, -0.15) is 8.42 Å². The first-order valence-electron chi connectivity index (χ1n) is 4.55. The van der Waals surface area contributed by atoms with Crippen LogP contribution >= 0.6 is 0 Å². The minimum absolute atomic E-state index is 0.147. The average Bonchev–Trinajstić information content (AvgIpc) is 2.24. The van der Waals surface area contributed by atoms with Crippen LogP contribution in [0.2, 0.25) is 0 Å². The first kappa shape index (κ1) is 15.4. The van der Waals surface area contributed by atoms with E-state index in [1.54, 1.807) is 0 Å². The molecule has 0 amide bonds. The van der Waals surface area contributed by atoms with Gasteiger partial charge in [-0.1, -0.05) is 0 Å². The molecule has 1 rings (SSSR count). The van der Waals surface area contributed by atoms with Crippen LogP contribution in [0, 0.1) is 0 Å². The Kier molecular flexibility index (Phi) is 3.69. The van der Waals surface area contributed by atoms with Crippen molar-refractivity contribution >= 4 is 28.0 Å². The Hall–Kier alpha value is -2.66. The van der Waals surface area contributed by atoms with E-state index >= 15 is 0 Å². The van der Waals surface area contributed by atoms with E-state index in [0.29, 0.717) is 0 Å². The summed E-state index contributed by atoms with van der Waals surface area (Å²) in [5.41, 5.74) is -4.23. The molecule has 11 heteroatoms. The number of carbonyl (C=O) groups is 3. The predicted octanol–water partition coefficient (Wildman–Crippen LogP) is -0.267. The van der Waals surface area contributed by atoms with E-state index in [4.69, 9.17) is 19.9 Å². The van der Waals surface area contributed by atoms with E-state index in [0.717, 1.165) is 0 Å². The van der Waals surface area contributed by atoms with Crippen LogP contribution < -0.4 is 0 Å². The highest BCUT2D eigenvalue weighted by atomic mass is 32.2. The third-order valence-corrected chi connectivity index (χ3v) is 3.07. The van der Waals surface area contributed by atoms with Crippen LogP contribution in [0.5, 0.6) is 5.75 Å². The van der Waals surface area contributed by atoms with Crippen LogP contribution in [0.3, 0.4) is 0 Å². The molecular weight excluding hydrogens is 300 g/mol. The monoisotopic (exact) mass is 306 g/mol. The number of carboxylic acids is 3. The van der Waals surface area contributed by atoms with Crippen LogP contribution in [0.1, 0.15) is 31.1 Å². The normalized spacial score (nSPS) is 11.1. The maximum atomic E-state index is 11.0. The van der Waals surface area contributed by atoms with Gasteiger partial charge in [-0.25, -0.2) is 14.4 Å². The van der Waals surface area contributed by atoms with Crippen LogP contribution in [0.25, 0.3) is 0 Å². The molecule has 0 atom stereocenters. The van der Waals surface area contributed by atoms with Crippen LogP contribution in [-0.2, 0) is 10.1 Å². The van der Waals surface area contributed by atoms with Crippen molar-refractivity contribution in [1.82, 2.24) is 0 Å². The Bertz CT molecular complexity index is 730. The van der Waals surface area contributed by atoms with E-state index in [1.807, 2.05) is 0 Å². The fourth-order valence-electron chi connectivity index (χ4n) is 1.49. The summed E-state index contributed by atoms with van der Waals surface area (Å²) in [7, 11) is -5.20. The lowest BCUT2D eigenvalue weighted by Crippen LogP contribution is -2.19. The van der Waals surface area contributed by atoms with Crippen molar-refractivity contribution in [3.8, 4) is 5.75 Å². The van der Waals surface area contributed by atoms with Gasteiger partial charge in [-0.3, -0.25) is 4.55 Å². The summed E-state index contributed by atoms with van der Waals surface area (Å²) < 4.78 is 30.9. The Morgan fingerprint density at radius 2 is 1.25 bits per heavy atom. The van der Waals surface area contributed by atoms with Crippen LogP contribution in [0.4, 0.5) is 0 Å². The van der Waals surface area contributed by atoms with E-state index in [1.165, 1.54) is 0 Å². The second kappa shape index (κ2) is 4.79. The van der Waals surface area contributed by atoms with Gasteiger partial charge in [0.25, 0.3) is 10.1 Å². The third kappa shape index (κ3) is 2.53. The van der Waals surface area contributed by atoms with Gasteiger partial charge < -0.3 is 20.4 Å². The second-order valence-electron chi connectivity index (χ2n) is 3.41. The second-order valence-corrected chi connectivity index (χ2v) is 4.80. The summed E-state index contributed by atoms with van der Waals surface area (Å²) in [4.78, 5) is 31.4. The van der Waals surface area contributed by atoms with Crippen molar-refractivity contribution in [3.63, 3.8) is 0 Å². The number of aromatic hydroxyl groups is 1. The molecule has 5 N–H and O–H groups in total. The number of phenols is 1. The summed E-state index contributed by atoms with van der Waals surface area (Å²) in [5, 5.41) is 35.8. The number of hydrogen-bond acceptors (Lipinski definition) is 6. The van der Waals surface area contributed by atoms with Gasteiger partial charge in [0.05, 0.1) is 11.1 Å². The molecule has 20 heavy (non-hydrogen) atoms. The molecule has 1 aromatic carbocycles.